The smallest absolute Gasteiger partial charge is 0.138 e. The average molecular weight is 654 g/mol. The largest absolute Gasteiger partial charge is 0.490 e. The molecule has 3 N–H and O–H groups in total. The second-order valence-corrected chi connectivity index (χ2v) is 13.3. The quantitative estimate of drug-likeness (QED) is 0.138. The zero-order chi connectivity index (χ0) is 31.1. The third-order valence-electron chi connectivity index (χ3n) is 6.89. The number of halogens is 2. The van der Waals surface area contributed by atoms with Crippen molar-refractivity contribution in [3.05, 3.63) is 88.3 Å². The lowest BCUT2D eigenvalue weighted by molar-refractivity contribution is -0.119. The Balaban J connectivity index is 1.43. The minimum Gasteiger partial charge on any atom is -0.490 e. The van der Waals surface area contributed by atoms with Crippen molar-refractivity contribution in [3.63, 3.8) is 0 Å². The van der Waals surface area contributed by atoms with Gasteiger partial charge in [-0.3, -0.25) is 9.78 Å². The van der Waals surface area contributed by atoms with Crippen LogP contribution < -0.4 is 14.8 Å². The number of hydrogen-bond donors (Lipinski definition) is 3. The first-order chi connectivity index (χ1) is 21.3. The van der Waals surface area contributed by atoms with Gasteiger partial charge < -0.3 is 25.0 Å². The fraction of sp³-hybridized carbons (Fsp3) is 0.281. The number of Topliss-reactive ketones (excluding diaryl/α,β-unsaturated/α-hetero) is 1. The monoisotopic (exact) mass is 653 g/mol. The van der Waals surface area contributed by atoms with Crippen molar-refractivity contribution < 1.29 is 28.9 Å². The van der Waals surface area contributed by atoms with E-state index < -0.39 is 12.7 Å². The SMILES string of the molecule is N#Cc1cnc2cc(OC[C@H](O)CO)c(CC(=O)CC3CSSC3)cc2c1Nc1ccc(OCc2cccc(F)c2)c(Cl)c1. The third-order valence-corrected chi connectivity index (χ3v) is 9.89. The zero-order valence-corrected chi connectivity index (χ0v) is 25.9. The first kappa shape index (κ1) is 31.9. The summed E-state index contributed by atoms with van der Waals surface area (Å²) in [6, 6.07) is 16.8. The molecule has 5 rings (SSSR count). The molecule has 0 unspecified atom stereocenters. The second-order valence-electron chi connectivity index (χ2n) is 10.3. The second kappa shape index (κ2) is 15.0. The molecule has 44 heavy (non-hydrogen) atoms. The summed E-state index contributed by atoms with van der Waals surface area (Å²) < 4.78 is 25.1. The van der Waals surface area contributed by atoms with E-state index in [1.165, 1.54) is 18.3 Å². The van der Waals surface area contributed by atoms with E-state index in [1.54, 1.807) is 64.1 Å². The molecule has 8 nitrogen and oxygen atoms in total. The number of ketones is 1. The van der Waals surface area contributed by atoms with Crippen LogP contribution in [-0.2, 0) is 17.8 Å². The van der Waals surface area contributed by atoms with Crippen molar-refractivity contribution in [1.29, 1.82) is 5.26 Å². The van der Waals surface area contributed by atoms with Gasteiger partial charge in [0, 0.05) is 53.2 Å². The van der Waals surface area contributed by atoms with E-state index in [-0.39, 0.29) is 36.8 Å². The Morgan fingerprint density at radius 1 is 1.16 bits per heavy atom. The number of carbonyl (C=O) groups is 1. The molecule has 12 heteroatoms. The van der Waals surface area contributed by atoms with Gasteiger partial charge in [0.2, 0.25) is 0 Å². The van der Waals surface area contributed by atoms with Gasteiger partial charge in [0.25, 0.3) is 0 Å². The van der Waals surface area contributed by atoms with E-state index >= 15 is 0 Å². The van der Waals surface area contributed by atoms with E-state index in [1.807, 2.05) is 0 Å². The number of anilines is 2. The molecule has 1 atom stereocenters. The molecule has 0 saturated carbocycles. The molecule has 1 aliphatic rings. The molecule has 3 aromatic carbocycles. The maximum atomic E-state index is 13.5. The Bertz CT molecular complexity index is 1700. The summed E-state index contributed by atoms with van der Waals surface area (Å²) in [6.07, 6.45) is 0.907. The fourth-order valence-electron chi connectivity index (χ4n) is 4.68. The lowest BCUT2D eigenvalue weighted by Crippen LogP contribution is -2.22. The Morgan fingerprint density at radius 3 is 2.70 bits per heavy atom. The predicted octanol–water partition coefficient (Wildman–Crippen LogP) is 6.47. The molecule has 228 valence electrons. The number of ether oxygens (including phenoxy) is 2. The highest BCUT2D eigenvalue weighted by molar-refractivity contribution is 8.77. The average Bonchev–Trinajstić information content (AvgIpc) is 3.52. The standard InChI is InChI=1S/C32H29ClFN3O5S2/c33-28-10-24(4-5-30(28)41-15-19-2-1-3-23(34)6-19)37-32-22(12-35)13-36-29-11-31(42-16-26(40)14-38)21(9-27(29)32)8-25(39)7-20-17-43-44-18-20/h1-6,9-11,13,20,26,38,40H,7-8,14-18H2,(H,36,37)/t26-/m1/s1. The summed E-state index contributed by atoms with van der Waals surface area (Å²) in [6.45, 7) is -0.488. The lowest BCUT2D eigenvalue weighted by atomic mass is 9.98. The Hall–Kier alpha value is -3.53. The van der Waals surface area contributed by atoms with Crippen LogP contribution in [0.15, 0.2) is 60.8 Å². The molecule has 0 spiro atoms. The van der Waals surface area contributed by atoms with Gasteiger partial charge in [-0.05, 0) is 47.9 Å². The van der Waals surface area contributed by atoms with Gasteiger partial charge in [-0.1, -0.05) is 45.3 Å². The highest BCUT2D eigenvalue weighted by Gasteiger charge is 2.22. The molecule has 1 aromatic heterocycles. The van der Waals surface area contributed by atoms with Crippen LogP contribution in [0.4, 0.5) is 15.8 Å². The Morgan fingerprint density at radius 2 is 1.98 bits per heavy atom. The Labute approximate surface area is 266 Å². The number of hydrogen-bond acceptors (Lipinski definition) is 10. The Kier molecular flexibility index (Phi) is 10.8. The molecule has 0 aliphatic carbocycles. The number of fused-ring (bicyclic) bond motifs is 1. The first-order valence-electron chi connectivity index (χ1n) is 13.8. The van der Waals surface area contributed by atoms with Gasteiger partial charge in [0.15, 0.2) is 0 Å². The van der Waals surface area contributed by atoms with Gasteiger partial charge in [-0.2, -0.15) is 5.26 Å². The number of aromatic nitrogens is 1. The maximum absolute atomic E-state index is 13.5. The van der Waals surface area contributed by atoms with Crippen molar-refractivity contribution in [2.45, 2.75) is 25.6 Å². The van der Waals surface area contributed by atoms with Crippen LogP contribution in [0.3, 0.4) is 0 Å². The predicted molar refractivity (Wildman–Crippen MR) is 172 cm³/mol. The van der Waals surface area contributed by atoms with Crippen LogP contribution in [-0.4, -0.2) is 51.8 Å². The van der Waals surface area contributed by atoms with Crippen LogP contribution in [0.1, 0.15) is 23.1 Å². The number of aliphatic hydroxyl groups excluding tert-OH is 2. The molecule has 2 heterocycles. The summed E-state index contributed by atoms with van der Waals surface area (Å²) in [5.41, 5.74) is 3.08. The van der Waals surface area contributed by atoms with Crippen LogP contribution in [0, 0.1) is 23.1 Å². The molecule has 4 aromatic rings. The number of rotatable bonds is 13. The molecule has 1 fully saturated rings. The van der Waals surface area contributed by atoms with Gasteiger partial charge in [0.05, 0.1) is 28.4 Å². The van der Waals surface area contributed by atoms with Crippen molar-refractivity contribution in [3.8, 4) is 17.6 Å². The molecule has 1 aliphatic heterocycles. The summed E-state index contributed by atoms with van der Waals surface area (Å²) in [5.74, 6) is 2.67. The number of benzene rings is 3. The van der Waals surface area contributed by atoms with E-state index in [0.717, 1.165) is 11.5 Å². The number of carbonyl (C=O) groups excluding carboxylic acids is 1. The van der Waals surface area contributed by atoms with Crippen LogP contribution in [0.25, 0.3) is 10.9 Å². The van der Waals surface area contributed by atoms with E-state index in [0.29, 0.717) is 62.3 Å². The number of pyridine rings is 1. The van der Waals surface area contributed by atoms with E-state index in [2.05, 4.69) is 16.4 Å². The van der Waals surface area contributed by atoms with Gasteiger partial charge in [-0.15, -0.1) is 0 Å². The van der Waals surface area contributed by atoms with Gasteiger partial charge in [-0.25, -0.2) is 4.39 Å². The maximum Gasteiger partial charge on any atom is 0.138 e. The van der Waals surface area contributed by atoms with E-state index in [9.17, 15) is 24.7 Å². The molecule has 0 bridgehead atoms. The van der Waals surface area contributed by atoms with Gasteiger partial charge in [0.1, 0.15) is 48.5 Å². The molecular formula is C32H29ClFN3O5S2. The van der Waals surface area contributed by atoms with Crippen LogP contribution in [0.5, 0.6) is 11.5 Å². The number of nitriles is 1. The van der Waals surface area contributed by atoms with Crippen LogP contribution in [0.2, 0.25) is 5.02 Å². The normalized spacial score (nSPS) is 13.9. The molecule has 0 amide bonds. The highest BCUT2D eigenvalue weighted by atomic mass is 35.5. The zero-order valence-electron chi connectivity index (χ0n) is 23.5. The summed E-state index contributed by atoms with van der Waals surface area (Å²) in [5, 5.41) is 33.2. The van der Waals surface area contributed by atoms with Gasteiger partial charge >= 0.3 is 0 Å². The van der Waals surface area contributed by atoms with Crippen molar-refractivity contribution in [1.82, 2.24) is 4.98 Å². The van der Waals surface area contributed by atoms with Crippen LogP contribution >= 0.6 is 33.2 Å². The van der Waals surface area contributed by atoms with Crippen molar-refractivity contribution >= 4 is 61.2 Å². The lowest BCUT2D eigenvalue weighted by Gasteiger charge is -2.18. The highest BCUT2D eigenvalue weighted by Crippen LogP contribution is 2.38. The number of nitrogens with one attached hydrogen (secondary N) is 1. The van der Waals surface area contributed by atoms with Crippen molar-refractivity contribution in [2.75, 3.05) is 30.0 Å². The van der Waals surface area contributed by atoms with E-state index in [4.69, 9.17) is 21.1 Å². The molecular weight excluding hydrogens is 625 g/mol. The topological polar surface area (TPSA) is 125 Å². The van der Waals surface area contributed by atoms with Crippen molar-refractivity contribution in [2.24, 2.45) is 5.92 Å². The molecule has 0 radical (unpaired) electrons. The summed E-state index contributed by atoms with van der Waals surface area (Å²) in [4.78, 5) is 17.5. The number of nitrogens with zero attached hydrogens (tertiary/aromatic N) is 2. The molecule has 1 saturated heterocycles. The third kappa shape index (κ3) is 8.14. The summed E-state index contributed by atoms with van der Waals surface area (Å²) >= 11 is 6.52. The first-order valence-corrected chi connectivity index (χ1v) is 16.7. The fourth-order valence-corrected chi connectivity index (χ4v) is 7.85. The minimum absolute atomic E-state index is 0.0597. The number of aliphatic hydroxyl groups is 2. The minimum atomic E-state index is -1.08. The summed E-state index contributed by atoms with van der Waals surface area (Å²) in [7, 11) is 3.54.